The quantitative estimate of drug-likeness (QED) is 0.228. The summed E-state index contributed by atoms with van der Waals surface area (Å²) < 4.78 is 7.93. The smallest absolute Gasteiger partial charge is 0.274 e. The normalized spacial score (nSPS) is 15.9. The van der Waals surface area contributed by atoms with Crippen LogP contribution in [-0.4, -0.2) is 38.8 Å². The molecule has 1 amide bonds. The molecule has 1 aliphatic heterocycles. The standard InChI is InChI=1S/C32H33Cl3N4O3/c1-31(2,3)28(36)26-27(29(40)38-17-15-32(41,16-18-38)20-7-5-4-6-8-20)37-39(25-14-11-22(34)19-24(25)35)30(26)42-23-12-9-21(33)10-13-23/h4-14,19,28,41H,15-18,36H2,1-3H3. The second kappa shape index (κ2) is 11.9. The van der Waals surface area contributed by atoms with Crippen molar-refractivity contribution in [1.82, 2.24) is 14.7 Å². The molecule has 5 rings (SSSR count). The third-order valence-electron chi connectivity index (χ3n) is 7.68. The molecule has 220 valence electrons. The van der Waals surface area contributed by atoms with E-state index in [1.165, 1.54) is 4.68 Å². The lowest BCUT2D eigenvalue weighted by molar-refractivity contribution is -0.0213. The summed E-state index contributed by atoms with van der Waals surface area (Å²) >= 11 is 19.0. The van der Waals surface area contributed by atoms with E-state index in [1.807, 2.05) is 51.1 Å². The first kappa shape index (κ1) is 30.4. The Balaban J connectivity index is 1.60. The van der Waals surface area contributed by atoms with E-state index in [9.17, 15) is 9.90 Å². The minimum Gasteiger partial charge on any atom is -0.439 e. The average molecular weight is 628 g/mol. The fraction of sp³-hybridized carbons (Fsp3) is 0.312. The number of amides is 1. The molecule has 1 atom stereocenters. The van der Waals surface area contributed by atoms with E-state index >= 15 is 0 Å². The number of aromatic nitrogens is 2. The van der Waals surface area contributed by atoms with Crippen molar-refractivity contribution < 1.29 is 14.6 Å². The maximum atomic E-state index is 14.2. The number of carbonyl (C=O) groups excluding carboxylic acids is 1. The number of piperidine rings is 1. The molecule has 4 aromatic rings. The average Bonchev–Trinajstić information content (AvgIpc) is 3.32. The van der Waals surface area contributed by atoms with Crippen molar-refractivity contribution in [2.24, 2.45) is 11.1 Å². The molecule has 1 aliphatic rings. The van der Waals surface area contributed by atoms with E-state index in [-0.39, 0.29) is 17.5 Å². The van der Waals surface area contributed by atoms with Gasteiger partial charge in [0.1, 0.15) is 5.75 Å². The summed E-state index contributed by atoms with van der Waals surface area (Å²) in [5.41, 5.74) is 7.34. The van der Waals surface area contributed by atoms with E-state index in [2.05, 4.69) is 0 Å². The lowest BCUT2D eigenvalue weighted by Crippen LogP contribution is -2.45. The molecule has 0 bridgehead atoms. The topological polar surface area (TPSA) is 93.6 Å². The number of hydrogen-bond acceptors (Lipinski definition) is 5. The molecule has 7 nitrogen and oxygen atoms in total. The Morgan fingerprint density at radius 3 is 2.19 bits per heavy atom. The van der Waals surface area contributed by atoms with Gasteiger partial charge in [-0.25, -0.2) is 0 Å². The van der Waals surface area contributed by atoms with Crippen molar-refractivity contribution in [3.05, 3.63) is 105 Å². The monoisotopic (exact) mass is 626 g/mol. The van der Waals surface area contributed by atoms with E-state index in [0.29, 0.717) is 58.0 Å². The zero-order valence-corrected chi connectivity index (χ0v) is 25.9. The summed E-state index contributed by atoms with van der Waals surface area (Å²) in [6.45, 7) is 6.66. The van der Waals surface area contributed by atoms with Crippen LogP contribution in [0.5, 0.6) is 11.6 Å². The molecule has 3 aromatic carbocycles. The number of carbonyl (C=O) groups is 1. The molecule has 3 N–H and O–H groups in total. The molecular formula is C32H33Cl3N4O3. The summed E-state index contributed by atoms with van der Waals surface area (Å²) in [5.74, 6) is 0.451. The minimum absolute atomic E-state index is 0.164. The van der Waals surface area contributed by atoms with E-state index in [4.69, 9.17) is 50.4 Å². The Bertz CT molecular complexity index is 1580. The van der Waals surface area contributed by atoms with Gasteiger partial charge in [0.05, 0.1) is 21.9 Å². The van der Waals surface area contributed by atoms with Crippen molar-refractivity contribution in [2.45, 2.75) is 45.3 Å². The van der Waals surface area contributed by atoms with Crippen molar-refractivity contribution >= 4 is 40.7 Å². The first-order valence-electron chi connectivity index (χ1n) is 13.7. The van der Waals surface area contributed by atoms with Crippen molar-refractivity contribution in [1.29, 1.82) is 0 Å². The SMILES string of the molecule is CC(C)(C)C(N)c1c(C(=O)N2CCC(O)(c3ccccc3)CC2)nn(-c2ccc(Cl)cc2Cl)c1Oc1ccc(Cl)cc1. The van der Waals surface area contributed by atoms with Gasteiger partial charge in [0, 0.05) is 29.2 Å². The molecule has 0 aliphatic carbocycles. The highest BCUT2D eigenvalue weighted by molar-refractivity contribution is 6.35. The summed E-state index contributed by atoms with van der Waals surface area (Å²) in [5, 5.41) is 17.5. The van der Waals surface area contributed by atoms with Gasteiger partial charge in [-0.15, -0.1) is 0 Å². The molecule has 42 heavy (non-hydrogen) atoms. The summed E-state index contributed by atoms with van der Waals surface area (Å²) in [6, 6.07) is 20.8. The van der Waals surface area contributed by atoms with Gasteiger partial charge in [-0.3, -0.25) is 4.79 Å². The molecule has 10 heteroatoms. The van der Waals surface area contributed by atoms with Crippen LogP contribution in [0.1, 0.15) is 61.3 Å². The second-order valence-electron chi connectivity index (χ2n) is 11.7. The highest BCUT2D eigenvalue weighted by atomic mass is 35.5. The lowest BCUT2D eigenvalue weighted by Gasteiger charge is -2.38. The summed E-state index contributed by atoms with van der Waals surface area (Å²) in [6.07, 6.45) is 0.780. The predicted molar refractivity (Wildman–Crippen MR) is 167 cm³/mol. The van der Waals surface area contributed by atoms with Gasteiger partial charge < -0.3 is 20.5 Å². The number of nitrogens with zero attached hydrogens (tertiary/aromatic N) is 3. The van der Waals surface area contributed by atoms with Crippen LogP contribution >= 0.6 is 34.8 Å². The largest absolute Gasteiger partial charge is 0.439 e. The van der Waals surface area contributed by atoms with Gasteiger partial charge in [0.15, 0.2) is 5.69 Å². The fourth-order valence-corrected chi connectivity index (χ4v) is 5.70. The number of likely N-dealkylation sites (tertiary alicyclic amines) is 1. The Kier molecular flexibility index (Phi) is 8.61. The molecule has 0 saturated carbocycles. The molecule has 1 aromatic heterocycles. The Morgan fingerprint density at radius 2 is 1.60 bits per heavy atom. The van der Waals surface area contributed by atoms with Crippen LogP contribution in [-0.2, 0) is 5.60 Å². The maximum Gasteiger partial charge on any atom is 0.274 e. The van der Waals surface area contributed by atoms with Gasteiger partial charge in [0.25, 0.3) is 5.91 Å². The highest BCUT2D eigenvalue weighted by Gasteiger charge is 2.40. The Morgan fingerprint density at radius 1 is 0.976 bits per heavy atom. The molecular weight excluding hydrogens is 595 g/mol. The summed E-state index contributed by atoms with van der Waals surface area (Å²) in [4.78, 5) is 15.9. The third-order valence-corrected chi connectivity index (χ3v) is 8.47. The zero-order chi connectivity index (χ0) is 30.2. The maximum absolute atomic E-state index is 14.2. The Labute approximate surface area is 260 Å². The van der Waals surface area contributed by atoms with Gasteiger partial charge in [-0.05, 0) is 66.3 Å². The Hall–Kier alpha value is -3.07. The summed E-state index contributed by atoms with van der Waals surface area (Å²) in [7, 11) is 0. The first-order valence-corrected chi connectivity index (χ1v) is 14.9. The molecule has 2 heterocycles. The molecule has 0 spiro atoms. The second-order valence-corrected chi connectivity index (χ2v) is 12.9. The van der Waals surface area contributed by atoms with Gasteiger partial charge in [-0.2, -0.15) is 9.78 Å². The van der Waals surface area contributed by atoms with Gasteiger partial charge in [0.2, 0.25) is 5.88 Å². The molecule has 1 fully saturated rings. The number of rotatable bonds is 6. The van der Waals surface area contributed by atoms with Crippen LogP contribution in [0.25, 0.3) is 5.69 Å². The predicted octanol–water partition coefficient (Wildman–Crippen LogP) is 7.79. The lowest BCUT2D eigenvalue weighted by atomic mass is 9.82. The molecule has 1 unspecified atom stereocenters. The van der Waals surface area contributed by atoms with E-state index in [1.54, 1.807) is 47.4 Å². The zero-order valence-electron chi connectivity index (χ0n) is 23.7. The van der Waals surface area contributed by atoms with Crippen LogP contribution in [0, 0.1) is 5.41 Å². The highest BCUT2D eigenvalue weighted by Crippen LogP contribution is 2.43. The van der Waals surface area contributed by atoms with Crippen LogP contribution in [0.3, 0.4) is 0 Å². The number of hydrogen-bond donors (Lipinski definition) is 2. The number of aliphatic hydroxyl groups is 1. The number of nitrogens with two attached hydrogens (primary N) is 1. The van der Waals surface area contributed by atoms with Crippen LogP contribution in [0.2, 0.25) is 15.1 Å². The number of benzene rings is 3. The van der Waals surface area contributed by atoms with Crippen molar-refractivity contribution in [2.75, 3.05) is 13.1 Å². The fourth-order valence-electron chi connectivity index (χ4n) is 5.08. The molecule has 0 radical (unpaired) electrons. The minimum atomic E-state index is -1.01. The third kappa shape index (κ3) is 6.17. The van der Waals surface area contributed by atoms with Crippen LogP contribution < -0.4 is 10.5 Å². The van der Waals surface area contributed by atoms with E-state index in [0.717, 1.165) is 5.56 Å². The van der Waals surface area contributed by atoms with Crippen LogP contribution in [0.15, 0.2) is 72.8 Å². The number of halogens is 3. The van der Waals surface area contributed by atoms with E-state index < -0.39 is 17.1 Å². The van der Waals surface area contributed by atoms with Gasteiger partial charge >= 0.3 is 0 Å². The van der Waals surface area contributed by atoms with Crippen molar-refractivity contribution in [3.63, 3.8) is 0 Å². The van der Waals surface area contributed by atoms with Gasteiger partial charge in [-0.1, -0.05) is 85.9 Å². The van der Waals surface area contributed by atoms with Crippen molar-refractivity contribution in [3.8, 4) is 17.3 Å². The molecule has 1 saturated heterocycles. The first-order chi connectivity index (χ1) is 19.9. The van der Waals surface area contributed by atoms with Crippen LogP contribution in [0.4, 0.5) is 0 Å². The number of ether oxygens (including phenoxy) is 1.